The van der Waals surface area contributed by atoms with Gasteiger partial charge < -0.3 is 10.2 Å². The molecule has 0 heterocycles. The van der Waals surface area contributed by atoms with Crippen molar-refractivity contribution in [3.63, 3.8) is 0 Å². The summed E-state index contributed by atoms with van der Waals surface area (Å²) in [6, 6.07) is 4.43. The molecule has 0 saturated heterocycles. The molecule has 3 nitrogen and oxygen atoms in total. The van der Waals surface area contributed by atoms with E-state index in [0.29, 0.717) is 11.1 Å². The number of aliphatic hydroxyl groups is 1. The highest BCUT2D eigenvalue weighted by Gasteiger charge is 2.47. The third-order valence-corrected chi connectivity index (χ3v) is 2.19. The summed E-state index contributed by atoms with van der Waals surface area (Å²) in [7, 11) is 0. The van der Waals surface area contributed by atoms with Crippen molar-refractivity contribution in [2.45, 2.75) is 25.9 Å². The highest BCUT2D eigenvalue weighted by Crippen LogP contribution is 2.32. The lowest BCUT2D eigenvalue weighted by molar-refractivity contribution is -0.182. The first-order valence-electron chi connectivity index (χ1n) is 4.62. The molecule has 1 rings (SSSR count). The number of aryl methyl sites for hydroxylation is 2. The molecule has 0 aromatic heterocycles. The first kappa shape index (κ1) is 12.6. The Bertz CT molecular complexity index is 395. The fraction of sp³-hybridized carbons (Fsp3) is 0.364. The Balaban J connectivity index is 3.14. The maximum Gasteiger partial charge on any atom is 0.377 e. The van der Waals surface area contributed by atoms with Gasteiger partial charge in [0.1, 0.15) is 0 Å². The van der Waals surface area contributed by atoms with E-state index < -0.39 is 18.0 Å². The van der Waals surface area contributed by atoms with Crippen molar-refractivity contribution in [1.82, 2.24) is 0 Å². The number of hydrogen-bond donors (Lipinski definition) is 2. The number of aliphatic carboxylic acids is 1. The van der Waals surface area contributed by atoms with Crippen molar-refractivity contribution in [3.8, 4) is 0 Å². The second-order valence-electron chi connectivity index (χ2n) is 3.75. The molecule has 0 amide bonds. The lowest BCUT2D eigenvalue weighted by atomic mass is 9.99. The lowest BCUT2D eigenvalue weighted by Gasteiger charge is -2.19. The molecule has 0 aliphatic carbocycles. The number of hydrogen-bond acceptors (Lipinski definition) is 2. The maximum atomic E-state index is 13.0. The molecule has 0 bridgehead atoms. The van der Waals surface area contributed by atoms with Gasteiger partial charge in [-0.1, -0.05) is 29.3 Å². The van der Waals surface area contributed by atoms with E-state index in [-0.39, 0.29) is 5.56 Å². The van der Waals surface area contributed by atoms with Gasteiger partial charge in [-0.15, -0.1) is 0 Å². The smallest absolute Gasteiger partial charge is 0.377 e. The Hall–Kier alpha value is -1.49. The lowest BCUT2D eigenvalue weighted by Crippen LogP contribution is -2.35. The number of alkyl halides is 2. The zero-order chi connectivity index (χ0) is 12.5. The highest BCUT2D eigenvalue weighted by atomic mass is 19.3. The van der Waals surface area contributed by atoms with E-state index in [1.165, 1.54) is 12.1 Å². The summed E-state index contributed by atoms with van der Waals surface area (Å²) in [4.78, 5) is 10.3. The van der Waals surface area contributed by atoms with E-state index in [0.717, 1.165) is 0 Å². The van der Waals surface area contributed by atoms with Crippen molar-refractivity contribution in [1.29, 1.82) is 0 Å². The molecule has 0 aliphatic heterocycles. The van der Waals surface area contributed by atoms with Gasteiger partial charge >= 0.3 is 11.9 Å². The van der Waals surface area contributed by atoms with Crippen molar-refractivity contribution in [3.05, 3.63) is 34.9 Å². The van der Waals surface area contributed by atoms with Gasteiger partial charge in [0.15, 0.2) is 6.10 Å². The average Bonchev–Trinajstić information content (AvgIpc) is 2.14. The minimum absolute atomic E-state index is 0.0927. The molecule has 5 heteroatoms. The van der Waals surface area contributed by atoms with Crippen LogP contribution in [0.4, 0.5) is 8.78 Å². The molecular weight excluding hydrogens is 218 g/mol. The Labute approximate surface area is 91.3 Å². The Morgan fingerprint density at radius 2 is 1.69 bits per heavy atom. The van der Waals surface area contributed by atoms with E-state index in [4.69, 9.17) is 5.11 Å². The predicted molar refractivity (Wildman–Crippen MR) is 53.5 cm³/mol. The topological polar surface area (TPSA) is 57.5 Å². The van der Waals surface area contributed by atoms with Crippen LogP contribution in [0.1, 0.15) is 22.8 Å². The van der Waals surface area contributed by atoms with Crippen molar-refractivity contribution < 1.29 is 23.8 Å². The summed E-state index contributed by atoms with van der Waals surface area (Å²) in [5.41, 5.74) is 1.29. The molecule has 0 fully saturated rings. The number of carboxylic acids is 1. The van der Waals surface area contributed by atoms with Crippen LogP contribution in [0.5, 0.6) is 0 Å². The van der Waals surface area contributed by atoms with Crippen LogP contribution in [0, 0.1) is 13.8 Å². The number of carboxylic acid groups (broad SMARTS) is 1. The monoisotopic (exact) mass is 230 g/mol. The fourth-order valence-corrected chi connectivity index (χ4v) is 1.49. The molecule has 2 N–H and O–H groups in total. The second-order valence-corrected chi connectivity index (χ2v) is 3.75. The Morgan fingerprint density at radius 3 is 2.06 bits per heavy atom. The summed E-state index contributed by atoms with van der Waals surface area (Å²) in [6.07, 6.45) is -2.33. The molecule has 0 saturated carbocycles. The SMILES string of the molecule is Cc1cc(C)cc(C(O)C(F)(F)C(=O)O)c1. The van der Waals surface area contributed by atoms with E-state index in [1.807, 2.05) is 0 Å². The van der Waals surface area contributed by atoms with E-state index in [2.05, 4.69) is 0 Å². The third kappa shape index (κ3) is 2.36. The highest BCUT2D eigenvalue weighted by molar-refractivity contribution is 5.76. The molecule has 1 aromatic rings. The van der Waals surface area contributed by atoms with E-state index in [1.54, 1.807) is 19.9 Å². The van der Waals surface area contributed by atoms with Gasteiger partial charge in [0.25, 0.3) is 0 Å². The molecule has 1 aromatic carbocycles. The molecule has 0 aliphatic rings. The summed E-state index contributed by atoms with van der Waals surface area (Å²) in [5, 5.41) is 17.6. The van der Waals surface area contributed by atoms with Crippen LogP contribution in [0.2, 0.25) is 0 Å². The quantitative estimate of drug-likeness (QED) is 0.835. The molecule has 0 radical (unpaired) electrons. The number of carbonyl (C=O) groups is 1. The molecule has 1 atom stereocenters. The summed E-state index contributed by atoms with van der Waals surface area (Å²) in [5.74, 6) is -6.51. The van der Waals surface area contributed by atoms with Crippen LogP contribution in [-0.4, -0.2) is 22.1 Å². The largest absolute Gasteiger partial charge is 0.477 e. The van der Waals surface area contributed by atoms with Crippen LogP contribution in [-0.2, 0) is 4.79 Å². The van der Waals surface area contributed by atoms with Crippen molar-refractivity contribution in [2.75, 3.05) is 0 Å². The minimum atomic E-state index is -4.18. The van der Waals surface area contributed by atoms with Crippen molar-refractivity contribution >= 4 is 5.97 Å². The Morgan fingerprint density at radius 1 is 1.25 bits per heavy atom. The zero-order valence-corrected chi connectivity index (χ0v) is 8.87. The van der Waals surface area contributed by atoms with Gasteiger partial charge in [0.05, 0.1) is 0 Å². The standard InChI is InChI=1S/C11H12F2O3/c1-6-3-7(2)5-8(4-6)9(14)11(12,13)10(15)16/h3-5,9,14H,1-2H3,(H,15,16). The number of aliphatic hydroxyl groups excluding tert-OH is 1. The van der Waals surface area contributed by atoms with Crippen LogP contribution in [0.25, 0.3) is 0 Å². The predicted octanol–water partition coefficient (Wildman–Crippen LogP) is 2.06. The molecule has 16 heavy (non-hydrogen) atoms. The number of halogens is 2. The normalized spacial score (nSPS) is 13.6. The van der Waals surface area contributed by atoms with Gasteiger partial charge in [-0.3, -0.25) is 0 Å². The number of rotatable bonds is 3. The first-order chi connectivity index (χ1) is 7.25. The van der Waals surface area contributed by atoms with Gasteiger partial charge in [0, 0.05) is 0 Å². The summed E-state index contributed by atoms with van der Waals surface area (Å²) < 4.78 is 26.1. The molecule has 1 unspecified atom stereocenters. The van der Waals surface area contributed by atoms with Crippen LogP contribution >= 0.6 is 0 Å². The average molecular weight is 230 g/mol. The van der Waals surface area contributed by atoms with Gasteiger partial charge in [-0.2, -0.15) is 8.78 Å². The molecular formula is C11H12F2O3. The fourth-order valence-electron chi connectivity index (χ4n) is 1.49. The maximum absolute atomic E-state index is 13.0. The van der Waals surface area contributed by atoms with E-state index in [9.17, 15) is 18.7 Å². The minimum Gasteiger partial charge on any atom is -0.477 e. The summed E-state index contributed by atoms with van der Waals surface area (Å²) >= 11 is 0. The second kappa shape index (κ2) is 4.17. The zero-order valence-electron chi connectivity index (χ0n) is 8.87. The van der Waals surface area contributed by atoms with Crippen LogP contribution in [0.3, 0.4) is 0 Å². The Kier molecular flexibility index (Phi) is 3.28. The first-order valence-corrected chi connectivity index (χ1v) is 4.62. The van der Waals surface area contributed by atoms with E-state index >= 15 is 0 Å². The van der Waals surface area contributed by atoms with Crippen LogP contribution < -0.4 is 0 Å². The van der Waals surface area contributed by atoms with Gasteiger partial charge in [-0.05, 0) is 19.4 Å². The number of benzene rings is 1. The summed E-state index contributed by atoms with van der Waals surface area (Å²) in [6.45, 7) is 3.37. The van der Waals surface area contributed by atoms with Gasteiger partial charge in [0.2, 0.25) is 0 Å². The van der Waals surface area contributed by atoms with Gasteiger partial charge in [-0.25, -0.2) is 4.79 Å². The van der Waals surface area contributed by atoms with Crippen molar-refractivity contribution in [2.24, 2.45) is 0 Å². The van der Waals surface area contributed by atoms with Crippen LogP contribution in [0.15, 0.2) is 18.2 Å². The molecule has 0 spiro atoms. The third-order valence-electron chi connectivity index (χ3n) is 2.19. The molecule has 88 valence electrons.